The number of hydrogen-bond acceptors (Lipinski definition) is 3. The summed E-state index contributed by atoms with van der Waals surface area (Å²) >= 11 is 5.67. The maximum Gasteiger partial charge on any atom is 0.418 e. The number of anilines is 1. The lowest BCUT2D eigenvalue weighted by atomic mass is 10.1. The molecule has 2 aromatic carbocycles. The predicted octanol–water partition coefficient (Wildman–Crippen LogP) is 4.64. The molecule has 3 rings (SSSR count). The summed E-state index contributed by atoms with van der Waals surface area (Å²) in [6, 6.07) is 9.86. The molecule has 30 heavy (non-hydrogen) atoms. The third-order valence-corrected chi connectivity index (χ3v) is 5.20. The molecule has 4 nitrogen and oxygen atoms in total. The van der Waals surface area contributed by atoms with E-state index in [9.17, 15) is 22.4 Å². The largest absolute Gasteiger partial charge is 0.418 e. The second kappa shape index (κ2) is 9.76. The summed E-state index contributed by atoms with van der Waals surface area (Å²) in [5, 5.41) is 2.30. The van der Waals surface area contributed by atoms with Crippen LogP contribution < -0.4 is 5.32 Å². The summed E-state index contributed by atoms with van der Waals surface area (Å²) in [5.41, 5.74) is -0.672. The van der Waals surface area contributed by atoms with Crippen LogP contribution in [0.15, 0.2) is 42.5 Å². The Bertz CT molecular complexity index is 891. The summed E-state index contributed by atoms with van der Waals surface area (Å²) in [7, 11) is 0. The molecule has 1 aliphatic rings. The van der Waals surface area contributed by atoms with Crippen molar-refractivity contribution in [1.29, 1.82) is 0 Å². The van der Waals surface area contributed by atoms with Crippen LogP contribution >= 0.6 is 11.6 Å². The van der Waals surface area contributed by atoms with Gasteiger partial charge in [-0.2, -0.15) is 13.2 Å². The molecule has 1 aliphatic heterocycles. The van der Waals surface area contributed by atoms with Gasteiger partial charge in [-0.05, 0) is 43.8 Å². The zero-order valence-corrected chi connectivity index (χ0v) is 16.9. The van der Waals surface area contributed by atoms with Crippen LogP contribution in [0.25, 0.3) is 0 Å². The van der Waals surface area contributed by atoms with E-state index < -0.39 is 17.6 Å². The minimum Gasteiger partial charge on any atom is -0.324 e. The molecule has 1 N–H and O–H groups in total. The number of hydrogen-bond donors (Lipinski definition) is 1. The Balaban J connectivity index is 1.56. The van der Waals surface area contributed by atoms with Crippen molar-refractivity contribution < 1.29 is 22.4 Å². The van der Waals surface area contributed by atoms with Gasteiger partial charge >= 0.3 is 6.18 Å². The van der Waals surface area contributed by atoms with Gasteiger partial charge in [0.25, 0.3) is 0 Å². The maximum absolute atomic E-state index is 13.9. The second-order valence-electron chi connectivity index (χ2n) is 7.23. The monoisotopic (exact) mass is 443 g/mol. The molecule has 0 saturated carbocycles. The van der Waals surface area contributed by atoms with Crippen molar-refractivity contribution in [3.63, 3.8) is 0 Å². The van der Waals surface area contributed by atoms with Gasteiger partial charge in [-0.15, -0.1) is 0 Å². The topological polar surface area (TPSA) is 35.6 Å². The fraction of sp³-hybridized carbons (Fsp3) is 0.381. The van der Waals surface area contributed by atoms with Crippen LogP contribution in [0, 0.1) is 5.82 Å². The number of rotatable bonds is 5. The summed E-state index contributed by atoms with van der Waals surface area (Å²) < 4.78 is 53.4. The first-order valence-corrected chi connectivity index (χ1v) is 9.95. The molecule has 9 heteroatoms. The van der Waals surface area contributed by atoms with Crippen LogP contribution in [0.2, 0.25) is 5.02 Å². The minimum absolute atomic E-state index is 0.0204. The Kier molecular flexibility index (Phi) is 7.33. The lowest BCUT2D eigenvalue weighted by molar-refractivity contribution is -0.137. The van der Waals surface area contributed by atoms with Gasteiger partial charge in [0, 0.05) is 30.2 Å². The van der Waals surface area contributed by atoms with E-state index in [0.717, 1.165) is 25.1 Å². The highest BCUT2D eigenvalue weighted by Gasteiger charge is 2.34. The van der Waals surface area contributed by atoms with E-state index in [4.69, 9.17) is 11.6 Å². The Hall–Kier alpha value is -2.16. The Morgan fingerprint density at radius 2 is 1.73 bits per heavy atom. The fourth-order valence-corrected chi connectivity index (χ4v) is 3.63. The molecule has 0 spiro atoms. The van der Waals surface area contributed by atoms with Crippen LogP contribution in [-0.4, -0.2) is 48.4 Å². The highest BCUT2D eigenvalue weighted by atomic mass is 35.5. The molecular weight excluding hydrogens is 422 g/mol. The zero-order chi connectivity index (χ0) is 21.7. The van der Waals surface area contributed by atoms with E-state index in [1.165, 1.54) is 12.1 Å². The predicted molar refractivity (Wildman–Crippen MR) is 108 cm³/mol. The van der Waals surface area contributed by atoms with Gasteiger partial charge < -0.3 is 5.32 Å². The number of carbonyl (C=O) groups is 1. The summed E-state index contributed by atoms with van der Waals surface area (Å²) in [6.07, 6.45) is -3.85. The van der Waals surface area contributed by atoms with Gasteiger partial charge in [0.15, 0.2) is 0 Å². The van der Waals surface area contributed by atoms with Gasteiger partial charge in [-0.1, -0.05) is 29.8 Å². The number of amides is 1. The first kappa shape index (κ1) is 22.5. The maximum atomic E-state index is 13.9. The molecule has 1 fully saturated rings. The third-order valence-electron chi connectivity index (χ3n) is 4.96. The first-order chi connectivity index (χ1) is 14.2. The van der Waals surface area contributed by atoms with E-state index in [1.54, 1.807) is 18.2 Å². The molecule has 1 saturated heterocycles. The molecule has 0 aliphatic carbocycles. The van der Waals surface area contributed by atoms with Crippen molar-refractivity contribution in [1.82, 2.24) is 9.80 Å². The van der Waals surface area contributed by atoms with Crippen molar-refractivity contribution in [2.24, 2.45) is 0 Å². The fourth-order valence-electron chi connectivity index (χ4n) is 3.46. The zero-order valence-electron chi connectivity index (χ0n) is 16.2. The number of nitrogens with one attached hydrogen (secondary N) is 1. The average molecular weight is 444 g/mol. The van der Waals surface area contributed by atoms with E-state index in [2.05, 4.69) is 10.2 Å². The highest BCUT2D eigenvalue weighted by molar-refractivity contribution is 6.30. The summed E-state index contributed by atoms with van der Waals surface area (Å²) in [5.74, 6) is -0.771. The Labute approximate surface area is 177 Å². The van der Waals surface area contributed by atoms with Crippen LogP contribution in [0.3, 0.4) is 0 Å². The number of nitrogens with zero attached hydrogens (tertiary/aromatic N) is 2. The normalized spacial score (nSPS) is 16.3. The smallest absolute Gasteiger partial charge is 0.324 e. The van der Waals surface area contributed by atoms with Crippen LogP contribution in [0.4, 0.5) is 23.2 Å². The average Bonchev–Trinajstić information content (AvgIpc) is 2.89. The number of carbonyl (C=O) groups excluding carboxylic acids is 1. The minimum atomic E-state index is -4.62. The Morgan fingerprint density at radius 3 is 2.47 bits per heavy atom. The molecule has 1 heterocycles. The van der Waals surface area contributed by atoms with Crippen LogP contribution in [-0.2, 0) is 17.5 Å². The van der Waals surface area contributed by atoms with Crippen molar-refractivity contribution >= 4 is 23.2 Å². The molecule has 0 bridgehead atoms. The van der Waals surface area contributed by atoms with Gasteiger partial charge in [-0.25, -0.2) is 4.39 Å². The van der Waals surface area contributed by atoms with Crippen LogP contribution in [0.5, 0.6) is 0 Å². The molecule has 0 atom stereocenters. The molecule has 0 radical (unpaired) electrons. The number of alkyl halides is 3. The lowest BCUT2D eigenvalue weighted by Gasteiger charge is -2.22. The van der Waals surface area contributed by atoms with E-state index >= 15 is 0 Å². The highest BCUT2D eigenvalue weighted by Crippen LogP contribution is 2.36. The van der Waals surface area contributed by atoms with E-state index in [-0.39, 0.29) is 23.1 Å². The summed E-state index contributed by atoms with van der Waals surface area (Å²) in [4.78, 5) is 16.4. The van der Waals surface area contributed by atoms with E-state index in [0.29, 0.717) is 31.7 Å². The van der Waals surface area contributed by atoms with Gasteiger partial charge in [0.05, 0.1) is 17.8 Å². The molecule has 0 unspecified atom stereocenters. The lowest BCUT2D eigenvalue weighted by Crippen LogP contribution is -2.36. The van der Waals surface area contributed by atoms with Gasteiger partial charge in [0.1, 0.15) is 5.82 Å². The molecule has 1 amide bonds. The first-order valence-electron chi connectivity index (χ1n) is 9.57. The standard InChI is InChI=1S/C21H22ClF4N3O/c22-16-6-7-19(17(12-16)21(24,25)26)27-20(30)14-29-9-3-8-28(10-11-29)13-15-4-1-2-5-18(15)23/h1-2,4-7,12H,3,8-11,13-14H2,(H,27,30). The van der Waals surface area contributed by atoms with Crippen molar-refractivity contribution in [2.45, 2.75) is 19.1 Å². The van der Waals surface area contributed by atoms with Crippen LogP contribution in [0.1, 0.15) is 17.5 Å². The molecule has 0 aromatic heterocycles. The quantitative estimate of drug-likeness (QED) is 0.684. The van der Waals surface area contributed by atoms with Gasteiger partial charge in [0.2, 0.25) is 5.91 Å². The summed E-state index contributed by atoms with van der Waals surface area (Å²) in [6.45, 7) is 3.04. The third kappa shape index (κ3) is 6.17. The second-order valence-corrected chi connectivity index (χ2v) is 7.67. The van der Waals surface area contributed by atoms with Gasteiger partial charge in [-0.3, -0.25) is 14.6 Å². The molecule has 2 aromatic rings. The number of benzene rings is 2. The van der Waals surface area contributed by atoms with Crippen molar-refractivity contribution in [3.05, 3.63) is 64.4 Å². The SMILES string of the molecule is O=C(CN1CCCN(Cc2ccccc2F)CC1)Nc1ccc(Cl)cc1C(F)(F)F. The molecule has 162 valence electrons. The van der Waals surface area contributed by atoms with Crippen molar-refractivity contribution in [3.8, 4) is 0 Å². The Morgan fingerprint density at radius 1 is 1.03 bits per heavy atom. The van der Waals surface area contributed by atoms with Crippen molar-refractivity contribution in [2.75, 3.05) is 38.0 Å². The molecular formula is C21H22ClF4N3O. The number of halogens is 5. The van der Waals surface area contributed by atoms with E-state index in [1.807, 2.05) is 4.90 Å².